The summed E-state index contributed by atoms with van der Waals surface area (Å²) < 4.78 is 0. The first-order valence-electron chi connectivity index (χ1n) is 7.53. The van der Waals surface area contributed by atoms with E-state index in [1.165, 1.54) is 6.20 Å². The van der Waals surface area contributed by atoms with Crippen LogP contribution in [0.2, 0.25) is 0 Å². The molecular formula is C18H17N5O. The van der Waals surface area contributed by atoms with Gasteiger partial charge in [-0.1, -0.05) is 12.1 Å². The molecule has 24 heavy (non-hydrogen) atoms. The number of anilines is 2. The monoisotopic (exact) mass is 319 g/mol. The normalized spacial score (nSPS) is 10.2. The van der Waals surface area contributed by atoms with Crippen LogP contribution in [0.25, 0.3) is 0 Å². The molecule has 0 saturated heterocycles. The van der Waals surface area contributed by atoms with Crippen LogP contribution in [0.15, 0.2) is 61.2 Å². The maximum Gasteiger partial charge on any atom is 0.271 e. The molecule has 0 aliphatic carbocycles. The zero-order valence-corrected chi connectivity index (χ0v) is 13.2. The molecule has 2 heterocycles. The lowest BCUT2D eigenvalue weighted by Gasteiger charge is -2.07. The highest BCUT2D eigenvalue weighted by Gasteiger charge is 2.08. The number of aromatic nitrogens is 3. The van der Waals surface area contributed by atoms with Gasteiger partial charge in [-0.15, -0.1) is 0 Å². The van der Waals surface area contributed by atoms with Crippen molar-refractivity contribution in [2.45, 2.75) is 13.5 Å². The molecule has 0 aliphatic heterocycles. The average molecular weight is 319 g/mol. The van der Waals surface area contributed by atoms with Crippen LogP contribution in [-0.2, 0) is 6.54 Å². The van der Waals surface area contributed by atoms with Gasteiger partial charge < -0.3 is 10.6 Å². The van der Waals surface area contributed by atoms with Gasteiger partial charge in [-0.3, -0.25) is 9.78 Å². The molecule has 3 aromatic rings. The van der Waals surface area contributed by atoms with Crippen molar-refractivity contribution in [3.8, 4) is 0 Å². The van der Waals surface area contributed by atoms with E-state index in [2.05, 4.69) is 25.6 Å². The third-order valence-electron chi connectivity index (χ3n) is 3.38. The van der Waals surface area contributed by atoms with Crippen molar-refractivity contribution in [1.29, 1.82) is 0 Å². The van der Waals surface area contributed by atoms with Gasteiger partial charge in [0.25, 0.3) is 5.91 Å². The van der Waals surface area contributed by atoms with Crippen molar-refractivity contribution in [3.63, 3.8) is 0 Å². The van der Waals surface area contributed by atoms with Crippen molar-refractivity contribution in [1.82, 2.24) is 20.3 Å². The summed E-state index contributed by atoms with van der Waals surface area (Å²) in [5, 5.41) is 5.96. The molecule has 3 rings (SSSR count). The summed E-state index contributed by atoms with van der Waals surface area (Å²) in [6, 6.07) is 11.6. The second-order valence-electron chi connectivity index (χ2n) is 5.32. The van der Waals surface area contributed by atoms with Crippen molar-refractivity contribution in [2.24, 2.45) is 0 Å². The van der Waals surface area contributed by atoms with E-state index >= 15 is 0 Å². The van der Waals surface area contributed by atoms with Crippen LogP contribution in [0.3, 0.4) is 0 Å². The Morgan fingerprint density at radius 3 is 2.62 bits per heavy atom. The number of carbonyl (C=O) groups is 1. The van der Waals surface area contributed by atoms with Crippen LogP contribution in [0.5, 0.6) is 0 Å². The lowest BCUT2D eigenvalue weighted by atomic mass is 10.2. The number of nitrogens with zero attached hydrogens (tertiary/aromatic N) is 3. The standard InChI is InChI=1S/C18H17N5O/c1-13-3-2-4-15(9-13)23-17-12-20-16(11-21-17)18(24)22-10-14-5-7-19-8-6-14/h2-9,11-12H,10H2,1H3,(H,21,23)(H,22,24). The molecule has 2 N–H and O–H groups in total. The fraction of sp³-hybridized carbons (Fsp3) is 0.111. The Kier molecular flexibility index (Phi) is 4.76. The molecule has 0 aliphatic rings. The Morgan fingerprint density at radius 2 is 1.92 bits per heavy atom. The number of rotatable bonds is 5. The van der Waals surface area contributed by atoms with Gasteiger partial charge in [0.05, 0.1) is 12.4 Å². The maximum atomic E-state index is 12.1. The number of hydrogen-bond acceptors (Lipinski definition) is 5. The second kappa shape index (κ2) is 7.32. The average Bonchev–Trinajstić information content (AvgIpc) is 2.61. The molecule has 6 heteroatoms. The molecule has 1 amide bonds. The second-order valence-corrected chi connectivity index (χ2v) is 5.32. The summed E-state index contributed by atoms with van der Waals surface area (Å²) in [4.78, 5) is 24.4. The Morgan fingerprint density at radius 1 is 1.08 bits per heavy atom. The zero-order chi connectivity index (χ0) is 16.8. The van der Waals surface area contributed by atoms with Gasteiger partial charge >= 0.3 is 0 Å². The number of pyridine rings is 1. The molecule has 0 radical (unpaired) electrons. The number of hydrogen-bond donors (Lipinski definition) is 2. The molecule has 0 fully saturated rings. The van der Waals surface area contributed by atoms with Gasteiger partial charge in [0, 0.05) is 24.6 Å². The molecular weight excluding hydrogens is 302 g/mol. The summed E-state index contributed by atoms with van der Waals surface area (Å²) in [5.74, 6) is 0.327. The van der Waals surface area contributed by atoms with Gasteiger partial charge in [0.15, 0.2) is 0 Å². The first-order valence-corrected chi connectivity index (χ1v) is 7.53. The van der Waals surface area contributed by atoms with Crippen LogP contribution in [0, 0.1) is 6.92 Å². The highest BCUT2D eigenvalue weighted by Crippen LogP contribution is 2.14. The first-order chi connectivity index (χ1) is 11.7. The quantitative estimate of drug-likeness (QED) is 0.756. The minimum atomic E-state index is -0.263. The summed E-state index contributed by atoms with van der Waals surface area (Å²) in [7, 11) is 0. The van der Waals surface area contributed by atoms with E-state index in [-0.39, 0.29) is 11.6 Å². The Labute approximate surface area is 140 Å². The maximum absolute atomic E-state index is 12.1. The Balaban J connectivity index is 1.60. The van der Waals surface area contributed by atoms with Gasteiger partial charge in [-0.05, 0) is 42.3 Å². The number of aryl methyl sites for hydroxylation is 1. The van der Waals surface area contributed by atoms with E-state index in [1.54, 1.807) is 18.6 Å². The number of nitrogens with one attached hydrogen (secondary N) is 2. The number of benzene rings is 1. The number of amides is 1. The van der Waals surface area contributed by atoms with Gasteiger partial charge in [-0.2, -0.15) is 0 Å². The van der Waals surface area contributed by atoms with E-state index in [4.69, 9.17) is 0 Å². The SMILES string of the molecule is Cc1cccc(Nc2cnc(C(=O)NCc3ccncc3)cn2)c1. The fourth-order valence-corrected chi connectivity index (χ4v) is 2.15. The van der Waals surface area contributed by atoms with Crippen LogP contribution in [-0.4, -0.2) is 20.9 Å². The van der Waals surface area contributed by atoms with Crippen molar-refractivity contribution >= 4 is 17.4 Å². The largest absolute Gasteiger partial charge is 0.347 e. The van der Waals surface area contributed by atoms with Crippen LogP contribution in [0.4, 0.5) is 11.5 Å². The molecule has 0 bridgehead atoms. The molecule has 1 aromatic carbocycles. The lowest BCUT2D eigenvalue weighted by molar-refractivity contribution is 0.0945. The predicted molar refractivity (Wildman–Crippen MR) is 91.9 cm³/mol. The topological polar surface area (TPSA) is 79.8 Å². The first kappa shape index (κ1) is 15.6. The molecule has 6 nitrogen and oxygen atoms in total. The molecule has 0 saturated carbocycles. The molecule has 0 spiro atoms. The molecule has 2 aromatic heterocycles. The van der Waals surface area contributed by atoms with Crippen molar-refractivity contribution in [3.05, 3.63) is 78.0 Å². The smallest absolute Gasteiger partial charge is 0.271 e. The number of carbonyl (C=O) groups excluding carboxylic acids is 1. The highest BCUT2D eigenvalue weighted by molar-refractivity contribution is 5.92. The predicted octanol–water partition coefficient (Wildman–Crippen LogP) is 2.85. The van der Waals surface area contributed by atoms with Gasteiger partial charge in [-0.25, -0.2) is 9.97 Å². The zero-order valence-electron chi connectivity index (χ0n) is 13.2. The van der Waals surface area contributed by atoms with Crippen LogP contribution < -0.4 is 10.6 Å². The van der Waals surface area contributed by atoms with Crippen molar-refractivity contribution < 1.29 is 4.79 Å². The van der Waals surface area contributed by atoms with E-state index in [1.807, 2.05) is 43.3 Å². The van der Waals surface area contributed by atoms with E-state index in [0.717, 1.165) is 16.8 Å². The third kappa shape index (κ3) is 4.13. The van der Waals surface area contributed by atoms with E-state index in [9.17, 15) is 4.79 Å². The van der Waals surface area contributed by atoms with Crippen LogP contribution >= 0.6 is 0 Å². The minimum absolute atomic E-state index is 0.263. The van der Waals surface area contributed by atoms with Crippen LogP contribution in [0.1, 0.15) is 21.6 Å². The van der Waals surface area contributed by atoms with Crippen molar-refractivity contribution in [2.75, 3.05) is 5.32 Å². The summed E-state index contributed by atoms with van der Waals surface area (Å²) >= 11 is 0. The van der Waals surface area contributed by atoms with E-state index in [0.29, 0.717) is 12.4 Å². The molecule has 0 unspecified atom stereocenters. The fourth-order valence-electron chi connectivity index (χ4n) is 2.15. The molecule has 120 valence electrons. The lowest BCUT2D eigenvalue weighted by Crippen LogP contribution is -2.24. The minimum Gasteiger partial charge on any atom is -0.347 e. The Hall–Kier alpha value is -3.28. The Bertz CT molecular complexity index is 818. The molecule has 0 atom stereocenters. The van der Waals surface area contributed by atoms with E-state index < -0.39 is 0 Å². The summed E-state index contributed by atoms with van der Waals surface area (Å²) in [6.45, 7) is 2.44. The van der Waals surface area contributed by atoms with Gasteiger partial charge in [0.1, 0.15) is 11.5 Å². The third-order valence-corrected chi connectivity index (χ3v) is 3.38. The summed E-state index contributed by atoms with van der Waals surface area (Å²) in [6.07, 6.45) is 6.38. The highest BCUT2D eigenvalue weighted by atomic mass is 16.1. The van der Waals surface area contributed by atoms with Gasteiger partial charge in [0.2, 0.25) is 0 Å². The summed E-state index contributed by atoms with van der Waals surface area (Å²) in [5.41, 5.74) is 3.34.